The van der Waals surface area contributed by atoms with E-state index in [0.29, 0.717) is 23.4 Å². The summed E-state index contributed by atoms with van der Waals surface area (Å²) in [6.07, 6.45) is 0.895. The quantitative estimate of drug-likeness (QED) is 0.647. The molecule has 0 saturated heterocycles. The van der Waals surface area contributed by atoms with Crippen LogP contribution in [0.4, 0.5) is 0 Å². The fraction of sp³-hybridized carbons (Fsp3) is 0.400. The summed E-state index contributed by atoms with van der Waals surface area (Å²) in [6, 6.07) is 3.88. The van der Waals surface area contributed by atoms with Gasteiger partial charge in [0.25, 0.3) is 0 Å². The van der Waals surface area contributed by atoms with Crippen molar-refractivity contribution in [2.24, 2.45) is 7.05 Å². The summed E-state index contributed by atoms with van der Waals surface area (Å²) in [5, 5.41) is 7.51. The topological polar surface area (TPSA) is 69.0 Å². The average Bonchev–Trinajstić information content (AvgIpc) is 3.01. The number of hydrogen-bond donors (Lipinski definition) is 1. The highest BCUT2D eigenvalue weighted by atomic mass is 79.9. The molecule has 7 heteroatoms. The first kappa shape index (κ1) is 15.2. The molecule has 3 rings (SSSR count). The lowest BCUT2D eigenvalue weighted by Crippen LogP contribution is -2.19. The van der Waals surface area contributed by atoms with Crippen LogP contribution < -0.4 is 5.32 Å². The van der Waals surface area contributed by atoms with Gasteiger partial charge in [0, 0.05) is 12.6 Å². The molecule has 22 heavy (non-hydrogen) atoms. The maximum atomic E-state index is 11.5. The minimum atomic E-state index is -0.212. The Hall–Kier alpha value is -1.73. The predicted molar refractivity (Wildman–Crippen MR) is 84.4 cm³/mol. The van der Waals surface area contributed by atoms with Crippen LogP contribution in [-0.2, 0) is 31.4 Å². The van der Waals surface area contributed by atoms with Crippen molar-refractivity contribution in [3.05, 3.63) is 44.9 Å². The van der Waals surface area contributed by atoms with Crippen molar-refractivity contribution in [2.75, 3.05) is 6.54 Å². The summed E-state index contributed by atoms with van der Waals surface area (Å²) >= 11 is 3.26. The van der Waals surface area contributed by atoms with Gasteiger partial charge in [-0.3, -0.25) is 4.68 Å². The van der Waals surface area contributed by atoms with Crippen LogP contribution in [0.15, 0.2) is 16.9 Å². The lowest BCUT2D eigenvalue weighted by Gasteiger charge is -2.09. The molecule has 0 fully saturated rings. The summed E-state index contributed by atoms with van der Waals surface area (Å²) in [4.78, 5) is 15.8. The number of esters is 1. The number of benzene rings is 1. The molecule has 1 aromatic carbocycles. The van der Waals surface area contributed by atoms with Crippen molar-refractivity contribution >= 4 is 21.9 Å². The van der Waals surface area contributed by atoms with E-state index in [1.165, 1.54) is 5.56 Å². The van der Waals surface area contributed by atoms with E-state index in [1.54, 1.807) is 4.68 Å². The fourth-order valence-corrected chi connectivity index (χ4v) is 3.07. The van der Waals surface area contributed by atoms with Crippen LogP contribution in [0.2, 0.25) is 0 Å². The Bertz CT molecular complexity index is 727. The van der Waals surface area contributed by atoms with Crippen molar-refractivity contribution in [3.63, 3.8) is 0 Å². The molecule has 1 N–H and O–H groups in total. The van der Waals surface area contributed by atoms with Gasteiger partial charge >= 0.3 is 5.97 Å². The number of halogens is 1. The molecule has 1 aromatic heterocycles. The standard InChI is InChI=1S/C15H17BrN4O2/c1-9-10(3-4-11-12(9)8-22-14(11)21)5-6-17-7-13-18-15(16)19-20(13)2/h3-4,17H,5-8H2,1-2H3. The Morgan fingerprint density at radius 1 is 1.45 bits per heavy atom. The van der Waals surface area contributed by atoms with Crippen LogP contribution in [0.25, 0.3) is 0 Å². The summed E-state index contributed by atoms with van der Waals surface area (Å²) in [5.74, 6) is 0.673. The Morgan fingerprint density at radius 3 is 3.00 bits per heavy atom. The Balaban J connectivity index is 1.58. The number of nitrogens with zero attached hydrogens (tertiary/aromatic N) is 3. The smallest absolute Gasteiger partial charge is 0.338 e. The van der Waals surface area contributed by atoms with Crippen molar-refractivity contribution < 1.29 is 9.53 Å². The van der Waals surface area contributed by atoms with E-state index in [2.05, 4.69) is 38.3 Å². The first-order valence-corrected chi connectivity index (χ1v) is 7.90. The maximum Gasteiger partial charge on any atom is 0.338 e. The number of cyclic esters (lactones) is 1. The zero-order valence-electron chi connectivity index (χ0n) is 12.5. The number of ether oxygens (including phenoxy) is 1. The van der Waals surface area contributed by atoms with Gasteiger partial charge in [-0.15, -0.1) is 5.10 Å². The number of aryl methyl sites for hydroxylation is 1. The van der Waals surface area contributed by atoms with Gasteiger partial charge in [0.05, 0.1) is 12.1 Å². The molecule has 116 valence electrons. The van der Waals surface area contributed by atoms with Crippen LogP contribution in [-0.4, -0.2) is 27.3 Å². The largest absolute Gasteiger partial charge is 0.457 e. The summed E-state index contributed by atoms with van der Waals surface area (Å²) in [5.41, 5.74) is 4.13. The fourth-order valence-electron chi connectivity index (χ4n) is 2.63. The minimum Gasteiger partial charge on any atom is -0.457 e. The third kappa shape index (κ3) is 2.91. The number of carbonyl (C=O) groups excluding carboxylic acids is 1. The lowest BCUT2D eigenvalue weighted by atomic mass is 9.97. The molecule has 0 radical (unpaired) electrons. The second-order valence-electron chi connectivity index (χ2n) is 5.30. The van der Waals surface area contributed by atoms with E-state index < -0.39 is 0 Å². The molecule has 6 nitrogen and oxygen atoms in total. The second-order valence-corrected chi connectivity index (χ2v) is 6.01. The molecule has 0 unspecified atom stereocenters. The second kappa shape index (κ2) is 6.18. The van der Waals surface area contributed by atoms with Crippen LogP contribution in [0.5, 0.6) is 0 Å². The van der Waals surface area contributed by atoms with E-state index in [4.69, 9.17) is 4.74 Å². The minimum absolute atomic E-state index is 0.212. The zero-order chi connectivity index (χ0) is 15.7. The van der Waals surface area contributed by atoms with Gasteiger partial charge in [-0.25, -0.2) is 9.78 Å². The van der Waals surface area contributed by atoms with Gasteiger partial charge in [0.1, 0.15) is 12.4 Å². The lowest BCUT2D eigenvalue weighted by molar-refractivity contribution is 0.0535. The Morgan fingerprint density at radius 2 is 2.27 bits per heavy atom. The predicted octanol–water partition coefficient (Wildman–Crippen LogP) is 1.89. The maximum absolute atomic E-state index is 11.5. The highest BCUT2D eigenvalue weighted by Gasteiger charge is 2.23. The highest BCUT2D eigenvalue weighted by molar-refractivity contribution is 9.10. The number of carbonyl (C=O) groups is 1. The molecular formula is C15H17BrN4O2. The third-order valence-corrected chi connectivity index (χ3v) is 4.30. The first-order chi connectivity index (χ1) is 10.6. The molecule has 0 amide bonds. The van der Waals surface area contributed by atoms with Gasteiger partial charge in [-0.2, -0.15) is 0 Å². The molecule has 0 saturated carbocycles. The van der Waals surface area contributed by atoms with Crippen LogP contribution in [0.1, 0.15) is 32.9 Å². The van der Waals surface area contributed by atoms with Crippen molar-refractivity contribution in [1.82, 2.24) is 20.1 Å². The van der Waals surface area contributed by atoms with Gasteiger partial charge in [-0.1, -0.05) is 6.07 Å². The number of fused-ring (bicyclic) bond motifs is 1. The average molecular weight is 365 g/mol. The SMILES string of the molecule is Cc1c(CCNCc2nc(Br)nn2C)ccc2c1COC2=O. The molecule has 2 heterocycles. The van der Waals surface area contributed by atoms with Crippen molar-refractivity contribution in [3.8, 4) is 0 Å². The first-order valence-electron chi connectivity index (χ1n) is 7.11. The van der Waals surface area contributed by atoms with Gasteiger partial charge in [-0.05, 0) is 53.0 Å². The van der Waals surface area contributed by atoms with E-state index in [9.17, 15) is 4.79 Å². The van der Waals surface area contributed by atoms with E-state index in [0.717, 1.165) is 29.9 Å². The van der Waals surface area contributed by atoms with Crippen molar-refractivity contribution in [1.29, 1.82) is 0 Å². The number of hydrogen-bond acceptors (Lipinski definition) is 5. The van der Waals surface area contributed by atoms with E-state index in [-0.39, 0.29) is 5.97 Å². The molecular weight excluding hydrogens is 348 g/mol. The molecule has 0 bridgehead atoms. The Kier molecular flexibility index (Phi) is 4.26. The zero-order valence-corrected chi connectivity index (χ0v) is 14.1. The normalized spacial score (nSPS) is 13.3. The number of aromatic nitrogens is 3. The highest BCUT2D eigenvalue weighted by Crippen LogP contribution is 2.25. The van der Waals surface area contributed by atoms with E-state index in [1.807, 2.05) is 19.2 Å². The van der Waals surface area contributed by atoms with Gasteiger partial charge in [0.2, 0.25) is 4.73 Å². The molecule has 0 spiro atoms. The van der Waals surface area contributed by atoms with Crippen LogP contribution in [0, 0.1) is 6.92 Å². The molecule has 1 aliphatic rings. The summed E-state index contributed by atoms with van der Waals surface area (Å²) < 4.78 is 7.43. The van der Waals surface area contributed by atoms with Crippen LogP contribution in [0.3, 0.4) is 0 Å². The molecule has 1 aliphatic heterocycles. The van der Waals surface area contributed by atoms with E-state index >= 15 is 0 Å². The third-order valence-electron chi connectivity index (χ3n) is 3.96. The van der Waals surface area contributed by atoms with Gasteiger partial charge < -0.3 is 10.1 Å². The van der Waals surface area contributed by atoms with Gasteiger partial charge in [0.15, 0.2) is 0 Å². The Labute approximate surface area is 137 Å². The summed E-state index contributed by atoms with van der Waals surface area (Å²) in [7, 11) is 1.87. The summed E-state index contributed by atoms with van der Waals surface area (Å²) in [6.45, 7) is 3.95. The molecule has 0 atom stereocenters. The van der Waals surface area contributed by atoms with Crippen molar-refractivity contribution in [2.45, 2.75) is 26.5 Å². The van der Waals surface area contributed by atoms with Crippen LogP contribution >= 0.6 is 15.9 Å². The molecule has 0 aliphatic carbocycles. The monoisotopic (exact) mass is 364 g/mol. The number of nitrogens with one attached hydrogen (secondary N) is 1. The number of rotatable bonds is 5. The molecule has 2 aromatic rings.